The number of aliphatic carboxylic acids is 1. The molecule has 1 heterocycles. The zero-order valence-corrected chi connectivity index (χ0v) is 10.9. The predicted molar refractivity (Wildman–Crippen MR) is 66.0 cm³/mol. The van der Waals surface area contributed by atoms with Gasteiger partial charge in [-0.25, -0.2) is 9.78 Å². The first kappa shape index (κ1) is 12.4. The van der Waals surface area contributed by atoms with Crippen molar-refractivity contribution >= 4 is 21.9 Å². The lowest BCUT2D eigenvalue weighted by atomic mass is 9.84. The van der Waals surface area contributed by atoms with E-state index < -0.39 is 11.6 Å². The summed E-state index contributed by atoms with van der Waals surface area (Å²) in [5.41, 5.74) is -1.06. The van der Waals surface area contributed by atoms with E-state index in [1.807, 2.05) is 0 Å². The van der Waals surface area contributed by atoms with Gasteiger partial charge >= 0.3 is 5.97 Å². The van der Waals surface area contributed by atoms with Crippen molar-refractivity contribution in [2.24, 2.45) is 0 Å². The van der Waals surface area contributed by atoms with E-state index in [4.69, 9.17) is 4.74 Å². The third-order valence-corrected chi connectivity index (χ3v) is 3.53. The largest absolute Gasteiger partial charge is 0.478 e. The molecule has 0 radical (unpaired) electrons. The molecule has 0 unspecified atom stereocenters. The molecule has 0 bridgehead atoms. The number of aromatic nitrogens is 1. The third-order valence-electron chi connectivity index (χ3n) is 3.06. The molecule has 5 heteroatoms. The minimum atomic E-state index is -1.06. The zero-order chi connectivity index (χ0) is 12.3. The van der Waals surface area contributed by atoms with E-state index in [0.717, 1.165) is 19.3 Å². The van der Waals surface area contributed by atoms with Crippen LogP contribution in [-0.2, 0) is 4.79 Å². The van der Waals surface area contributed by atoms with Crippen molar-refractivity contribution in [3.8, 4) is 5.75 Å². The molecule has 1 aliphatic carbocycles. The van der Waals surface area contributed by atoms with Crippen LogP contribution in [0, 0.1) is 0 Å². The Hall–Kier alpha value is -1.10. The molecular weight excluding hydrogens is 286 g/mol. The van der Waals surface area contributed by atoms with Crippen LogP contribution in [0.3, 0.4) is 0 Å². The highest BCUT2D eigenvalue weighted by atomic mass is 79.9. The molecule has 1 N–H and O–H groups in total. The summed E-state index contributed by atoms with van der Waals surface area (Å²) in [5.74, 6) is -0.363. The molecule has 1 fully saturated rings. The van der Waals surface area contributed by atoms with Crippen LogP contribution in [0.5, 0.6) is 5.75 Å². The number of halogens is 1. The Kier molecular flexibility index (Phi) is 3.66. The molecule has 0 atom stereocenters. The number of hydrogen-bond acceptors (Lipinski definition) is 3. The number of carbonyl (C=O) groups is 1. The lowest BCUT2D eigenvalue weighted by Gasteiger charge is -2.33. The van der Waals surface area contributed by atoms with Crippen LogP contribution < -0.4 is 4.74 Å². The molecule has 1 aromatic heterocycles. The molecular formula is C12H14BrNO3. The smallest absolute Gasteiger partial charge is 0.348 e. The minimum absolute atomic E-state index is 0.512. The van der Waals surface area contributed by atoms with Crippen molar-refractivity contribution in [3.05, 3.63) is 22.9 Å². The first-order chi connectivity index (χ1) is 8.12. The van der Waals surface area contributed by atoms with E-state index in [2.05, 4.69) is 20.9 Å². The molecule has 0 spiro atoms. The van der Waals surface area contributed by atoms with E-state index >= 15 is 0 Å². The Morgan fingerprint density at radius 1 is 1.35 bits per heavy atom. The number of nitrogens with zero attached hydrogens (tertiary/aromatic N) is 1. The lowest BCUT2D eigenvalue weighted by molar-refractivity contribution is -0.158. The molecule has 1 saturated carbocycles. The topological polar surface area (TPSA) is 59.4 Å². The summed E-state index contributed by atoms with van der Waals surface area (Å²) in [6.45, 7) is 0. The average molecular weight is 300 g/mol. The zero-order valence-electron chi connectivity index (χ0n) is 9.36. The van der Waals surface area contributed by atoms with Crippen molar-refractivity contribution in [2.45, 2.75) is 37.7 Å². The SMILES string of the molecule is O=C(O)C1(Oc2ccc(Br)nc2)CCCCC1. The second-order valence-electron chi connectivity index (χ2n) is 4.28. The van der Waals surface area contributed by atoms with Crippen LogP contribution in [-0.4, -0.2) is 21.7 Å². The number of pyridine rings is 1. The van der Waals surface area contributed by atoms with Crippen molar-refractivity contribution < 1.29 is 14.6 Å². The summed E-state index contributed by atoms with van der Waals surface area (Å²) in [4.78, 5) is 15.4. The monoisotopic (exact) mass is 299 g/mol. The third kappa shape index (κ3) is 2.77. The fraction of sp³-hybridized carbons (Fsp3) is 0.500. The number of ether oxygens (including phenoxy) is 1. The summed E-state index contributed by atoms with van der Waals surface area (Å²) in [6.07, 6.45) is 5.56. The summed E-state index contributed by atoms with van der Waals surface area (Å²) in [5, 5.41) is 9.35. The normalized spacial score (nSPS) is 18.6. The van der Waals surface area contributed by atoms with E-state index in [1.165, 1.54) is 0 Å². The summed E-state index contributed by atoms with van der Waals surface area (Å²) >= 11 is 3.23. The fourth-order valence-electron chi connectivity index (χ4n) is 2.13. The Bertz CT molecular complexity index is 399. The fourth-order valence-corrected chi connectivity index (χ4v) is 2.37. The van der Waals surface area contributed by atoms with Crippen LogP contribution in [0.25, 0.3) is 0 Å². The maximum atomic E-state index is 11.4. The molecule has 17 heavy (non-hydrogen) atoms. The standard InChI is InChI=1S/C12H14BrNO3/c13-10-5-4-9(8-14-10)17-12(11(15)16)6-2-1-3-7-12/h4-5,8H,1-3,6-7H2,(H,15,16). The molecule has 0 aromatic carbocycles. The van der Waals surface area contributed by atoms with Gasteiger partial charge in [0.25, 0.3) is 0 Å². The maximum Gasteiger partial charge on any atom is 0.348 e. The quantitative estimate of drug-likeness (QED) is 0.872. The molecule has 1 aromatic rings. The second-order valence-corrected chi connectivity index (χ2v) is 5.09. The predicted octanol–water partition coefficient (Wildman–Crippen LogP) is 3.01. The summed E-state index contributed by atoms with van der Waals surface area (Å²) in [7, 11) is 0. The Morgan fingerprint density at radius 3 is 2.59 bits per heavy atom. The van der Waals surface area contributed by atoms with Gasteiger partial charge in [-0.2, -0.15) is 0 Å². The van der Waals surface area contributed by atoms with E-state index in [1.54, 1.807) is 18.3 Å². The molecule has 4 nitrogen and oxygen atoms in total. The lowest BCUT2D eigenvalue weighted by Crippen LogP contribution is -2.46. The highest BCUT2D eigenvalue weighted by Crippen LogP contribution is 2.33. The Balaban J connectivity index is 2.17. The van der Waals surface area contributed by atoms with Gasteiger partial charge in [-0.1, -0.05) is 6.42 Å². The minimum Gasteiger partial charge on any atom is -0.478 e. The van der Waals surface area contributed by atoms with E-state index in [-0.39, 0.29) is 0 Å². The number of carboxylic acids is 1. The van der Waals surface area contributed by atoms with Crippen molar-refractivity contribution in [2.75, 3.05) is 0 Å². The number of rotatable bonds is 3. The molecule has 0 aliphatic heterocycles. The van der Waals surface area contributed by atoms with Crippen LogP contribution in [0.4, 0.5) is 0 Å². The summed E-state index contributed by atoms with van der Waals surface area (Å²) < 4.78 is 6.38. The van der Waals surface area contributed by atoms with Gasteiger partial charge in [-0.05, 0) is 53.7 Å². The van der Waals surface area contributed by atoms with Gasteiger partial charge < -0.3 is 9.84 Å². The molecule has 0 saturated heterocycles. The maximum absolute atomic E-state index is 11.4. The van der Waals surface area contributed by atoms with Gasteiger partial charge in [0, 0.05) is 0 Å². The van der Waals surface area contributed by atoms with Gasteiger partial charge in [0.15, 0.2) is 0 Å². The number of hydrogen-bond donors (Lipinski definition) is 1. The van der Waals surface area contributed by atoms with Crippen molar-refractivity contribution in [3.63, 3.8) is 0 Å². The molecule has 1 aliphatic rings. The van der Waals surface area contributed by atoms with Crippen LogP contribution in [0.2, 0.25) is 0 Å². The van der Waals surface area contributed by atoms with Crippen molar-refractivity contribution in [1.82, 2.24) is 4.98 Å². The molecule has 0 amide bonds. The van der Waals surface area contributed by atoms with E-state index in [0.29, 0.717) is 23.2 Å². The van der Waals surface area contributed by atoms with Gasteiger partial charge in [-0.3, -0.25) is 0 Å². The molecule has 2 rings (SSSR count). The van der Waals surface area contributed by atoms with Crippen molar-refractivity contribution in [1.29, 1.82) is 0 Å². The number of carboxylic acid groups (broad SMARTS) is 1. The van der Waals surface area contributed by atoms with Crippen LogP contribution in [0.15, 0.2) is 22.9 Å². The van der Waals surface area contributed by atoms with Crippen LogP contribution >= 0.6 is 15.9 Å². The summed E-state index contributed by atoms with van der Waals surface area (Å²) in [6, 6.07) is 3.48. The van der Waals surface area contributed by atoms with Gasteiger partial charge in [0.1, 0.15) is 10.4 Å². The van der Waals surface area contributed by atoms with Crippen LogP contribution in [0.1, 0.15) is 32.1 Å². The Labute approximate surface area is 108 Å². The van der Waals surface area contributed by atoms with Gasteiger partial charge in [0.05, 0.1) is 6.20 Å². The Morgan fingerprint density at radius 2 is 2.06 bits per heavy atom. The average Bonchev–Trinajstić information content (AvgIpc) is 2.33. The highest BCUT2D eigenvalue weighted by molar-refractivity contribution is 9.10. The van der Waals surface area contributed by atoms with Gasteiger partial charge in [0.2, 0.25) is 5.60 Å². The van der Waals surface area contributed by atoms with E-state index in [9.17, 15) is 9.90 Å². The van der Waals surface area contributed by atoms with Gasteiger partial charge in [-0.15, -0.1) is 0 Å². The first-order valence-corrected chi connectivity index (χ1v) is 6.46. The molecule has 92 valence electrons. The highest BCUT2D eigenvalue weighted by Gasteiger charge is 2.42. The second kappa shape index (κ2) is 5.04. The first-order valence-electron chi connectivity index (χ1n) is 5.66.